The number of pyridine rings is 2. The van der Waals surface area contributed by atoms with Crippen LogP contribution in [0.2, 0.25) is 5.02 Å². The Bertz CT molecular complexity index is 1000. The van der Waals surface area contributed by atoms with Crippen molar-refractivity contribution in [1.82, 2.24) is 14.9 Å². The van der Waals surface area contributed by atoms with E-state index in [1.54, 1.807) is 36.1 Å². The second-order valence-electron chi connectivity index (χ2n) is 5.95. The fourth-order valence-electron chi connectivity index (χ4n) is 2.50. The minimum atomic E-state index is -0.357. The van der Waals surface area contributed by atoms with Crippen molar-refractivity contribution in [2.75, 3.05) is 0 Å². The average molecular weight is 384 g/mol. The Hall–Kier alpha value is -3.12. The quantitative estimate of drug-likeness (QED) is 0.710. The Morgan fingerprint density at radius 1 is 1.19 bits per heavy atom. The molecular weight excluding hydrogens is 366 g/mol. The van der Waals surface area contributed by atoms with E-state index in [0.29, 0.717) is 11.6 Å². The van der Waals surface area contributed by atoms with Gasteiger partial charge in [-0.05, 0) is 35.4 Å². The van der Waals surface area contributed by atoms with Crippen LogP contribution in [0.25, 0.3) is 0 Å². The van der Waals surface area contributed by atoms with Gasteiger partial charge >= 0.3 is 0 Å². The summed E-state index contributed by atoms with van der Waals surface area (Å²) in [4.78, 5) is 28.6. The molecule has 2 heterocycles. The summed E-state index contributed by atoms with van der Waals surface area (Å²) in [6.45, 7) is 0.561. The van der Waals surface area contributed by atoms with Crippen LogP contribution in [-0.4, -0.2) is 15.5 Å². The first kappa shape index (κ1) is 18.7. The number of carbonyl (C=O) groups is 1. The lowest BCUT2D eigenvalue weighted by Gasteiger charge is -2.12. The topological polar surface area (TPSA) is 73.2 Å². The Morgan fingerprint density at radius 2 is 1.96 bits per heavy atom. The number of ether oxygens (including phenoxy) is 1. The Labute approximate surface area is 161 Å². The van der Waals surface area contributed by atoms with Gasteiger partial charge in [-0.1, -0.05) is 23.7 Å². The molecule has 2 aromatic heterocycles. The lowest BCUT2D eigenvalue weighted by Crippen LogP contribution is -2.27. The van der Waals surface area contributed by atoms with Gasteiger partial charge in [-0.2, -0.15) is 0 Å². The van der Waals surface area contributed by atoms with E-state index in [1.165, 1.54) is 12.3 Å². The maximum absolute atomic E-state index is 12.4. The molecule has 0 bridgehead atoms. The summed E-state index contributed by atoms with van der Waals surface area (Å²) in [6.07, 6.45) is 4.82. The predicted molar refractivity (Wildman–Crippen MR) is 103 cm³/mol. The smallest absolute Gasteiger partial charge is 0.268 e. The molecule has 0 aliphatic rings. The minimum Gasteiger partial charge on any atom is -0.483 e. The zero-order chi connectivity index (χ0) is 19.2. The van der Waals surface area contributed by atoms with Gasteiger partial charge in [0.1, 0.15) is 12.3 Å². The van der Waals surface area contributed by atoms with Gasteiger partial charge in [0.25, 0.3) is 5.91 Å². The highest BCUT2D eigenvalue weighted by atomic mass is 35.5. The summed E-state index contributed by atoms with van der Waals surface area (Å²) in [7, 11) is 1.69. The molecule has 1 amide bonds. The van der Waals surface area contributed by atoms with Crippen LogP contribution in [0.3, 0.4) is 0 Å². The zero-order valence-electron chi connectivity index (χ0n) is 14.7. The Kier molecular flexibility index (Phi) is 5.88. The number of hydrogen-bond donors (Lipinski definition) is 1. The molecule has 7 heteroatoms. The number of aryl methyl sites for hydroxylation is 1. The molecular formula is C20H18ClN3O3. The van der Waals surface area contributed by atoms with Gasteiger partial charge in [-0.15, -0.1) is 0 Å². The molecule has 0 aliphatic heterocycles. The molecule has 6 nitrogen and oxygen atoms in total. The third kappa shape index (κ3) is 4.95. The Balaban J connectivity index is 1.68. The summed E-state index contributed by atoms with van der Waals surface area (Å²) in [5, 5.41) is 3.39. The van der Waals surface area contributed by atoms with Gasteiger partial charge in [-0.25, -0.2) is 0 Å². The van der Waals surface area contributed by atoms with Crippen LogP contribution in [-0.2, 0) is 20.2 Å². The molecule has 0 atom stereocenters. The van der Waals surface area contributed by atoms with Crippen LogP contribution in [0.1, 0.15) is 21.6 Å². The van der Waals surface area contributed by atoms with Gasteiger partial charge in [0.15, 0.2) is 5.75 Å². The molecule has 0 spiro atoms. The molecule has 1 aromatic carbocycles. The van der Waals surface area contributed by atoms with Crippen molar-refractivity contribution >= 4 is 17.5 Å². The monoisotopic (exact) mass is 383 g/mol. The van der Waals surface area contributed by atoms with Crippen LogP contribution in [0.4, 0.5) is 0 Å². The van der Waals surface area contributed by atoms with Crippen molar-refractivity contribution in [2.45, 2.75) is 13.2 Å². The lowest BCUT2D eigenvalue weighted by atomic mass is 10.2. The highest BCUT2D eigenvalue weighted by molar-refractivity contribution is 6.30. The molecule has 3 aromatic rings. The highest BCUT2D eigenvalue weighted by Gasteiger charge is 2.13. The van der Waals surface area contributed by atoms with E-state index in [2.05, 4.69) is 10.3 Å². The molecule has 3 rings (SSSR count). The number of hydrogen-bond acceptors (Lipinski definition) is 4. The fourth-order valence-corrected chi connectivity index (χ4v) is 2.71. The van der Waals surface area contributed by atoms with E-state index in [1.807, 2.05) is 24.3 Å². The van der Waals surface area contributed by atoms with Crippen LogP contribution >= 0.6 is 11.6 Å². The molecule has 138 valence electrons. The number of nitrogens with one attached hydrogen (secondary N) is 1. The van der Waals surface area contributed by atoms with E-state index in [0.717, 1.165) is 11.1 Å². The number of amides is 1. The molecule has 0 unspecified atom stereocenters. The summed E-state index contributed by atoms with van der Waals surface area (Å²) < 4.78 is 7.16. The average Bonchev–Trinajstić information content (AvgIpc) is 2.67. The van der Waals surface area contributed by atoms with E-state index in [4.69, 9.17) is 16.3 Å². The predicted octanol–water partition coefficient (Wildman–Crippen LogP) is 2.94. The van der Waals surface area contributed by atoms with Crippen molar-refractivity contribution in [1.29, 1.82) is 0 Å². The number of carbonyl (C=O) groups excluding carboxylic acids is 1. The van der Waals surface area contributed by atoms with Crippen LogP contribution < -0.4 is 15.5 Å². The molecule has 1 N–H and O–H groups in total. The van der Waals surface area contributed by atoms with Gasteiger partial charge in [0.05, 0.1) is 6.20 Å². The second-order valence-corrected chi connectivity index (χ2v) is 6.39. The first-order valence-corrected chi connectivity index (χ1v) is 8.66. The maximum Gasteiger partial charge on any atom is 0.268 e. The van der Waals surface area contributed by atoms with Crippen LogP contribution in [0.15, 0.2) is 65.8 Å². The van der Waals surface area contributed by atoms with Gasteiger partial charge < -0.3 is 14.6 Å². The van der Waals surface area contributed by atoms with Crippen molar-refractivity contribution in [2.24, 2.45) is 7.05 Å². The summed E-state index contributed by atoms with van der Waals surface area (Å²) >= 11 is 5.94. The van der Waals surface area contributed by atoms with Crippen molar-refractivity contribution in [3.8, 4) is 5.75 Å². The normalized spacial score (nSPS) is 10.4. The number of aromatic nitrogens is 2. The molecule has 0 saturated heterocycles. The minimum absolute atomic E-state index is 0.170. The fraction of sp³-hybridized carbons (Fsp3) is 0.150. The zero-order valence-corrected chi connectivity index (χ0v) is 15.4. The largest absolute Gasteiger partial charge is 0.483 e. The van der Waals surface area contributed by atoms with Crippen molar-refractivity contribution in [3.05, 3.63) is 93.1 Å². The van der Waals surface area contributed by atoms with Gasteiger partial charge in [0.2, 0.25) is 5.43 Å². The highest BCUT2D eigenvalue weighted by Crippen LogP contribution is 2.13. The van der Waals surface area contributed by atoms with E-state index in [9.17, 15) is 9.59 Å². The van der Waals surface area contributed by atoms with Gasteiger partial charge in [-0.3, -0.25) is 14.6 Å². The first-order valence-electron chi connectivity index (χ1n) is 8.28. The summed E-state index contributed by atoms with van der Waals surface area (Å²) in [6, 6.07) is 12.1. The third-order valence-corrected chi connectivity index (χ3v) is 4.16. The molecule has 0 radical (unpaired) electrons. The van der Waals surface area contributed by atoms with E-state index < -0.39 is 0 Å². The third-order valence-electron chi connectivity index (χ3n) is 3.92. The summed E-state index contributed by atoms with van der Waals surface area (Å²) in [5.41, 5.74) is 1.67. The van der Waals surface area contributed by atoms with Crippen LogP contribution in [0, 0.1) is 0 Å². The summed E-state index contributed by atoms with van der Waals surface area (Å²) in [5.74, 6) is -0.170. The van der Waals surface area contributed by atoms with Crippen molar-refractivity contribution < 1.29 is 9.53 Å². The first-order chi connectivity index (χ1) is 13.0. The number of nitrogens with zero attached hydrogens (tertiary/aromatic N) is 2. The second kappa shape index (κ2) is 8.51. The molecule has 0 saturated carbocycles. The lowest BCUT2D eigenvalue weighted by molar-refractivity contribution is 0.0941. The molecule has 0 fully saturated rings. The number of rotatable bonds is 6. The maximum atomic E-state index is 12.4. The van der Waals surface area contributed by atoms with Crippen LogP contribution in [0.5, 0.6) is 5.75 Å². The Morgan fingerprint density at radius 3 is 2.70 bits per heavy atom. The standard InChI is InChI=1S/C20H18ClN3O3/c1-24-12-19(27-13-15-3-2-4-16(21)9-15)18(25)10-17(24)20(26)23-11-14-5-7-22-8-6-14/h2-10,12H,11,13H2,1H3,(H,23,26). The molecule has 0 aliphatic carbocycles. The molecule has 27 heavy (non-hydrogen) atoms. The van der Waals surface area contributed by atoms with E-state index >= 15 is 0 Å². The number of halogens is 1. The van der Waals surface area contributed by atoms with E-state index in [-0.39, 0.29) is 29.4 Å². The van der Waals surface area contributed by atoms with Crippen molar-refractivity contribution in [3.63, 3.8) is 0 Å². The number of benzene rings is 1. The van der Waals surface area contributed by atoms with Gasteiger partial charge in [0, 0.05) is 37.1 Å². The SMILES string of the molecule is Cn1cc(OCc2cccc(Cl)c2)c(=O)cc1C(=O)NCc1ccncc1.